The van der Waals surface area contributed by atoms with Gasteiger partial charge in [-0.3, -0.25) is 4.79 Å². The molecule has 1 saturated heterocycles. The number of hydrogen-bond acceptors (Lipinski definition) is 2. The SMILES string of the molecule is O=C(c1cccc2ccccc12)N1CCC(NCc2ccccc2)CC1. The van der Waals surface area contributed by atoms with Crippen LogP contribution < -0.4 is 5.32 Å². The van der Waals surface area contributed by atoms with E-state index < -0.39 is 0 Å². The minimum Gasteiger partial charge on any atom is -0.339 e. The number of hydrogen-bond donors (Lipinski definition) is 1. The predicted molar refractivity (Wildman–Crippen MR) is 106 cm³/mol. The summed E-state index contributed by atoms with van der Waals surface area (Å²) in [6.07, 6.45) is 2.01. The Labute approximate surface area is 154 Å². The zero-order chi connectivity index (χ0) is 17.8. The summed E-state index contributed by atoms with van der Waals surface area (Å²) >= 11 is 0. The van der Waals surface area contributed by atoms with E-state index in [1.165, 1.54) is 5.56 Å². The van der Waals surface area contributed by atoms with Crippen LogP contribution in [0.2, 0.25) is 0 Å². The van der Waals surface area contributed by atoms with E-state index in [0.717, 1.165) is 48.8 Å². The summed E-state index contributed by atoms with van der Waals surface area (Å²) in [4.78, 5) is 15.0. The van der Waals surface area contributed by atoms with Gasteiger partial charge in [0.1, 0.15) is 0 Å². The van der Waals surface area contributed by atoms with Gasteiger partial charge in [-0.2, -0.15) is 0 Å². The molecule has 0 unspecified atom stereocenters. The van der Waals surface area contributed by atoms with E-state index in [2.05, 4.69) is 41.7 Å². The molecule has 3 aromatic carbocycles. The smallest absolute Gasteiger partial charge is 0.254 e. The van der Waals surface area contributed by atoms with Crippen LogP contribution in [0.3, 0.4) is 0 Å². The second kappa shape index (κ2) is 7.71. The first-order chi connectivity index (χ1) is 12.8. The number of likely N-dealkylation sites (tertiary alicyclic amines) is 1. The first kappa shape index (κ1) is 16.8. The largest absolute Gasteiger partial charge is 0.339 e. The molecule has 0 spiro atoms. The van der Waals surface area contributed by atoms with Crippen molar-refractivity contribution in [2.24, 2.45) is 0 Å². The van der Waals surface area contributed by atoms with Crippen LogP contribution >= 0.6 is 0 Å². The van der Waals surface area contributed by atoms with E-state index >= 15 is 0 Å². The molecule has 1 amide bonds. The van der Waals surface area contributed by atoms with Crippen LogP contribution in [0.15, 0.2) is 72.8 Å². The number of amides is 1. The highest BCUT2D eigenvalue weighted by Gasteiger charge is 2.24. The van der Waals surface area contributed by atoms with Gasteiger partial charge in [0, 0.05) is 31.2 Å². The summed E-state index contributed by atoms with van der Waals surface area (Å²) in [6.45, 7) is 2.52. The lowest BCUT2D eigenvalue weighted by Gasteiger charge is -2.33. The molecule has 1 aliphatic rings. The second-order valence-electron chi connectivity index (χ2n) is 6.96. The summed E-state index contributed by atoms with van der Waals surface area (Å²) in [5.74, 6) is 0.156. The van der Waals surface area contributed by atoms with Gasteiger partial charge in [0.05, 0.1) is 0 Å². The Morgan fingerprint density at radius 1 is 0.885 bits per heavy atom. The van der Waals surface area contributed by atoms with Crippen molar-refractivity contribution in [1.82, 2.24) is 10.2 Å². The molecule has 3 heteroatoms. The van der Waals surface area contributed by atoms with E-state index in [1.54, 1.807) is 0 Å². The van der Waals surface area contributed by atoms with E-state index in [-0.39, 0.29) is 5.91 Å². The van der Waals surface area contributed by atoms with Gasteiger partial charge in [-0.25, -0.2) is 0 Å². The molecule has 4 rings (SSSR count). The fraction of sp³-hybridized carbons (Fsp3) is 0.261. The van der Waals surface area contributed by atoms with Crippen LogP contribution in [0.5, 0.6) is 0 Å². The van der Waals surface area contributed by atoms with Gasteiger partial charge in [-0.1, -0.05) is 66.7 Å². The Bertz CT molecular complexity index is 878. The zero-order valence-corrected chi connectivity index (χ0v) is 14.9. The number of nitrogens with zero attached hydrogens (tertiary/aromatic N) is 1. The Morgan fingerprint density at radius 3 is 2.38 bits per heavy atom. The minimum absolute atomic E-state index is 0.156. The molecule has 0 bridgehead atoms. The van der Waals surface area contributed by atoms with Gasteiger partial charge in [0.25, 0.3) is 5.91 Å². The first-order valence-electron chi connectivity index (χ1n) is 9.35. The molecule has 1 heterocycles. The summed E-state index contributed by atoms with van der Waals surface area (Å²) in [5.41, 5.74) is 2.13. The lowest BCUT2D eigenvalue weighted by atomic mass is 10.0. The van der Waals surface area contributed by atoms with Crippen LogP contribution in [0.4, 0.5) is 0 Å². The molecule has 1 aliphatic heterocycles. The molecule has 0 aromatic heterocycles. The van der Waals surface area contributed by atoms with Crippen molar-refractivity contribution in [2.75, 3.05) is 13.1 Å². The van der Waals surface area contributed by atoms with Crippen molar-refractivity contribution in [2.45, 2.75) is 25.4 Å². The van der Waals surface area contributed by atoms with Gasteiger partial charge in [-0.15, -0.1) is 0 Å². The molecule has 0 aliphatic carbocycles. The van der Waals surface area contributed by atoms with Crippen LogP contribution in [0.25, 0.3) is 10.8 Å². The Morgan fingerprint density at radius 2 is 1.58 bits per heavy atom. The molecule has 3 nitrogen and oxygen atoms in total. The first-order valence-corrected chi connectivity index (χ1v) is 9.35. The van der Waals surface area contributed by atoms with Crippen molar-refractivity contribution in [3.8, 4) is 0 Å². The van der Waals surface area contributed by atoms with Crippen LogP contribution in [-0.2, 0) is 6.54 Å². The fourth-order valence-electron chi connectivity index (χ4n) is 3.73. The quantitative estimate of drug-likeness (QED) is 0.768. The lowest BCUT2D eigenvalue weighted by Crippen LogP contribution is -2.44. The maximum atomic E-state index is 13.0. The topological polar surface area (TPSA) is 32.3 Å². The number of benzene rings is 3. The number of fused-ring (bicyclic) bond motifs is 1. The van der Waals surface area contributed by atoms with Crippen molar-refractivity contribution in [1.29, 1.82) is 0 Å². The van der Waals surface area contributed by atoms with Crippen molar-refractivity contribution < 1.29 is 4.79 Å². The average Bonchev–Trinajstić information content (AvgIpc) is 2.72. The highest BCUT2D eigenvalue weighted by molar-refractivity contribution is 6.07. The van der Waals surface area contributed by atoms with Gasteiger partial charge in [-0.05, 0) is 35.2 Å². The van der Waals surface area contributed by atoms with Gasteiger partial charge >= 0.3 is 0 Å². The van der Waals surface area contributed by atoms with Gasteiger partial charge in [0.15, 0.2) is 0 Å². The molecule has 0 saturated carbocycles. The highest BCUT2D eigenvalue weighted by atomic mass is 16.2. The Balaban J connectivity index is 1.37. The average molecular weight is 344 g/mol. The number of carbonyl (C=O) groups is 1. The van der Waals surface area contributed by atoms with E-state index in [9.17, 15) is 4.79 Å². The standard InChI is InChI=1S/C23H24N2O/c26-23(22-12-6-10-19-9-4-5-11-21(19)22)25-15-13-20(14-16-25)24-17-18-7-2-1-3-8-18/h1-12,20,24H,13-17H2. The molecule has 3 aromatic rings. The maximum Gasteiger partial charge on any atom is 0.254 e. The predicted octanol–water partition coefficient (Wildman–Crippen LogP) is 4.23. The molecule has 1 N–H and O–H groups in total. The second-order valence-corrected chi connectivity index (χ2v) is 6.96. The van der Waals surface area contributed by atoms with Gasteiger partial charge < -0.3 is 10.2 Å². The maximum absolute atomic E-state index is 13.0. The number of carbonyl (C=O) groups excluding carboxylic acids is 1. The van der Waals surface area contributed by atoms with Crippen LogP contribution in [0.1, 0.15) is 28.8 Å². The number of nitrogens with one attached hydrogen (secondary N) is 1. The fourth-order valence-corrected chi connectivity index (χ4v) is 3.73. The minimum atomic E-state index is 0.156. The normalized spacial score (nSPS) is 15.3. The molecule has 26 heavy (non-hydrogen) atoms. The Hall–Kier alpha value is -2.65. The third-order valence-corrected chi connectivity index (χ3v) is 5.24. The highest BCUT2D eigenvalue weighted by Crippen LogP contribution is 2.22. The third-order valence-electron chi connectivity index (χ3n) is 5.24. The van der Waals surface area contributed by atoms with Crippen molar-refractivity contribution >= 4 is 16.7 Å². The molecule has 132 valence electrons. The zero-order valence-electron chi connectivity index (χ0n) is 14.9. The van der Waals surface area contributed by atoms with E-state index in [1.807, 2.05) is 41.3 Å². The molecule has 1 fully saturated rings. The van der Waals surface area contributed by atoms with Crippen molar-refractivity contribution in [3.63, 3.8) is 0 Å². The monoisotopic (exact) mass is 344 g/mol. The summed E-state index contributed by atoms with van der Waals surface area (Å²) in [6, 6.07) is 25.1. The summed E-state index contributed by atoms with van der Waals surface area (Å²) < 4.78 is 0. The molecular formula is C23H24N2O. The van der Waals surface area contributed by atoms with E-state index in [4.69, 9.17) is 0 Å². The lowest BCUT2D eigenvalue weighted by molar-refractivity contribution is 0.0706. The van der Waals surface area contributed by atoms with Crippen molar-refractivity contribution in [3.05, 3.63) is 83.9 Å². The Kier molecular flexibility index (Phi) is 4.98. The van der Waals surface area contributed by atoms with Gasteiger partial charge in [0.2, 0.25) is 0 Å². The van der Waals surface area contributed by atoms with Crippen LogP contribution in [-0.4, -0.2) is 29.9 Å². The molecule has 0 radical (unpaired) electrons. The molecule has 0 atom stereocenters. The summed E-state index contributed by atoms with van der Waals surface area (Å²) in [7, 11) is 0. The number of piperidine rings is 1. The summed E-state index contributed by atoms with van der Waals surface area (Å²) in [5, 5.41) is 5.80. The van der Waals surface area contributed by atoms with Crippen LogP contribution in [0, 0.1) is 0 Å². The molecular weight excluding hydrogens is 320 g/mol. The number of rotatable bonds is 4. The van der Waals surface area contributed by atoms with E-state index in [0.29, 0.717) is 6.04 Å². The third kappa shape index (κ3) is 3.63.